The zero-order valence-corrected chi connectivity index (χ0v) is 10.9. The lowest BCUT2D eigenvalue weighted by molar-refractivity contribution is -0.152. The van der Waals surface area contributed by atoms with E-state index in [9.17, 15) is 10.2 Å². The van der Waals surface area contributed by atoms with E-state index in [0.717, 1.165) is 0 Å². The summed E-state index contributed by atoms with van der Waals surface area (Å²) in [5.74, 6) is 0.392. The smallest absolute Gasteiger partial charge is 0.234 e. The zero-order valence-electron chi connectivity index (χ0n) is 10.9. The monoisotopic (exact) mass is 280 g/mol. The molecule has 0 unspecified atom stereocenters. The maximum absolute atomic E-state index is 9.98. The van der Waals surface area contributed by atoms with Crippen molar-refractivity contribution in [3.8, 4) is 6.07 Å². The third-order valence-electron chi connectivity index (χ3n) is 3.10. The van der Waals surface area contributed by atoms with Crippen LogP contribution >= 0.6 is 0 Å². The SMILES string of the molecule is Cc1cc(N[C@H]2CO[C@H](CO)[C@H](O)[C@@H]2O)nc(C#N)n1. The Hall–Kier alpha value is -1.79. The third-order valence-corrected chi connectivity index (χ3v) is 3.10. The second kappa shape index (κ2) is 6.11. The lowest BCUT2D eigenvalue weighted by Crippen LogP contribution is -2.56. The molecule has 1 fully saturated rings. The number of aryl methyl sites for hydroxylation is 1. The summed E-state index contributed by atoms with van der Waals surface area (Å²) in [5.41, 5.74) is 0.610. The number of aliphatic hydroxyl groups is 3. The molecule has 0 aliphatic carbocycles. The number of ether oxygens (including phenoxy) is 1. The number of nitrogens with one attached hydrogen (secondary N) is 1. The van der Waals surface area contributed by atoms with Crippen LogP contribution in [0.5, 0.6) is 0 Å². The number of nitriles is 1. The van der Waals surface area contributed by atoms with Crippen LogP contribution in [0.2, 0.25) is 0 Å². The van der Waals surface area contributed by atoms with Crippen LogP contribution < -0.4 is 5.32 Å². The van der Waals surface area contributed by atoms with Crippen LogP contribution in [0, 0.1) is 18.3 Å². The number of rotatable bonds is 3. The Morgan fingerprint density at radius 3 is 2.85 bits per heavy atom. The first-order valence-corrected chi connectivity index (χ1v) is 6.16. The van der Waals surface area contributed by atoms with Gasteiger partial charge in [0.05, 0.1) is 19.3 Å². The zero-order chi connectivity index (χ0) is 14.7. The van der Waals surface area contributed by atoms with Gasteiger partial charge in [0.2, 0.25) is 5.82 Å². The first kappa shape index (κ1) is 14.6. The Morgan fingerprint density at radius 1 is 1.45 bits per heavy atom. The van der Waals surface area contributed by atoms with Crippen LogP contribution in [0.4, 0.5) is 5.82 Å². The second-order valence-electron chi connectivity index (χ2n) is 4.62. The van der Waals surface area contributed by atoms with Gasteiger partial charge in [0.15, 0.2) is 0 Å². The minimum atomic E-state index is -1.19. The summed E-state index contributed by atoms with van der Waals surface area (Å²) in [7, 11) is 0. The van der Waals surface area contributed by atoms with Gasteiger partial charge in [-0.15, -0.1) is 0 Å². The van der Waals surface area contributed by atoms with Gasteiger partial charge in [0.1, 0.15) is 30.2 Å². The van der Waals surface area contributed by atoms with Gasteiger partial charge in [-0.2, -0.15) is 5.26 Å². The molecule has 20 heavy (non-hydrogen) atoms. The van der Waals surface area contributed by atoms with Gasteiger partial charge in [-0.05, 0) is 6.92 Å². The minimum absolute atomic E-state index is 0.0208. The van der Waals surface area contributed by atoms with E-state index in [0.29, 0.717) is 11.5 Å². The molecule has 0 spiro atoms. The van der Waals surface area contributed by atoms with Crippen molar-refractivity contribution >= 4 is 5.82 Å². The lowest BCUT2D eigenvalue weighted by atomic mass is 9.98. The number of aromatic nitrogens is 2. The predicted octanol–water partition coefficient (Wildman–Crippen LogP) is -1.45. The molecular weight excluding hydrogens is 264 g/mol. The Kier molecular flexibility index (Phi) is 4.46. The average Bonchev–Trinajstić information content (AvgIpc) is 2.43. The first-order valence-electron chi connectivity index (χ1n) is 6.16. The van der Waals surface area contributed by atoms with Gasteiger partial charge in [0.25, 0.3) is 0 Å². The first-order chi connectivity index (χ1) is 9.55. The molecule has 1 aromatic rings. The summed E-state index contributed by atoms with van der Waals surface area (Å²) >= 11 is 0. The van der Waals surface area contributed by atoms with E-state index in [2.05, 4.69) is 15.3 Å². The van der Waals surface area contributed by atoms with Gasteiger partial charge in [-0.3, -0.25) is 0 Å². The fourth-order valence-electron chi connectivity index (χ4n) is 2.05. The Morgan fingerprint density at radius 2 is 2.20 bits per heavy atom. The van der Waals surface area contributed by atoms with Crippen LogP contribution in [0.1, 0.15) is 11.5 Å². The highest BCUT2D eigenvalue weighted by molar-refractivity contribution is 5.39. The average molecular weight is 280 g/mol. The highest BCUT2D eigenvalue weighted by Gasteiger charge is 2.38. The largest absolute Gasteiger partial charge is 0.394 e. The van der Waals surface area contributed by atoms with Crippen molar-refractivity contribution in [3.05, 3.63) is 17.6 Å². The summed E-state index contributed by atoms with van der Waals surface area (Å²) in [6, 6.07) is 2.88. The van der Waals surface area contributed by atoms with Crippen LogP contribution in [0.15, 0.2) is 6.07 Å². The number of anilines is 1. The topological polar surface area (TPSA) is 132 Å². The highest BCUT2D eigenvalue weighted by atomic mass is 16.5. The van der Waals surface area contributed by atoms with Gasteiger partial charge in [-0.25, -0.2) is 9.97 Å². The van der Waals surface area contributed by atoms with E-state index in [1.54, 1.807) is 13.0 Å². The number of hydrogen-bond donors (Lipinski definition) is 4. The van der Waals surface area contributed by atoms with E-state index in [4.69, 9.17) is 15.1 Å². The van der Waals surface area contributed by atoms with E-state index in [-0.39, 0.29) is 19.0 Å². The Bertz CT molecular complexity index is 519. The molecule has 8 heteroatoms. The van der Waals surface area contributed by atoms with E-state index in [1.165, 1.54) is 0 Å². The molecule has 2 heterocycles. The maximum atomic E-state index is 9.98. The summed E-state index contributed by atoms with van der Waals surface area (Å²) in [5, 5.41) is 40.5. The van der Waals surface area contributed by atoms with Gasteiger partial charge >= 0.3 is 0 Å². The molecule has 1 aromatic heterocycles. The van der Waals surface area contributed by atoms with Crippen molar-refractivity contribution in [1.82, 2.24) is 9.97 Å². The maximum Gasteiger partial charge on any atom is 0.234 e. The normalized spacial score (nSPS) is 29.8. The van der Waals surface area contributed by atoms with Crippen molar-refractivity contribution in [2.45, 2.75) is 31.3 Å². The highest BCUT2D eigenvalue weighted by Crippen LogP contribution is 2.18. The van der Waals surface area contributed by atoms with Crippen LogP contribution in [-0.4, -0.2) is 62.9 Å². The molecule has 0 amide bonds. The van der Waals surface area contributed by atoms with Crippen LogP contribution in [0.3, 0.4) is 0 Å². The fourth-order valence-corrected chi connectivity index (χ4v) is 2.05. The number of hydrogen-bond acceptors (Lipinski definition) is 8. The standard InChI is InChI=1S/C12H16N4O4/c1-6-2-9(16-10(3-13)14-6)15-7-5-20-8(4-17)12(19)11(7)18/h2,7-8,11-12,17-19H,4-5H2,1H3,(H,14,15,16)/t7-,8+,11+,12-/m0/s1. The van der Waals surface area contributed by atoms with Crippen LogP contribution in [-0.2, 0) is 4.74 Å². The van der Waals surface area contributed by atoms with Gasteiger partial charge < -0.3 is 25.4 Å². The summed E-state index contributed by atoms with van der Waals surface area (Å²) < 4.78 is 5.25. The van der Waals surface area contributed by atoms with Crippen molar-refractivity contribution in [2.24, 2.45) is 0 Å². The summed E-state index contributed by atoms with van der Waals surface area (Å²) in [6.45, 7) is 1.46. The molecule has 0 radical (unpaired) electrons. The fraction of sp³-hybridized carbons (Fsp3) is 0.583. The summed E-state index contributed by atoms with van der Waals surface area (Å²) in [4.78, 5) is 7.88. The van der Waals surface area contributed by atoms with E-state index >= 15 is 0 Å². The molecule has 0 bridgehead atoms. The molecule has 0 saturated carbocycles. The van der Waals surface area contributed by atoms with E-state index in [1.807, 2.05) is 6.07 Å². The molecule has 1 saturated heterocycles. The third kappa shape index (κ3) is 3.02. The van der Waals surface area contributed by atoms with Crippen molar-refractivity contribution in [1.29, 1.82) is 5.26 Å². The molecule has 0 aromatic carbocycles. The van der Waals surface area contributed by atoms with Gasteiger partial charge in [-0.1, -0.05) is 0 Å². The Balaban J connectivity index is 2.11. The van der Waals surface area contributed by atoms with E-state index < -0.39 is 24.4 Å². The quantitative estimate of drug-likeness (QED) is 0.529. The Labute approximate surface area is 115 Å². The van der Waals surface area contributed by atoms with Crippen LogP contribution in [0.25, 0.3) is 0 Å². The number of nitrogens with zero attached hydrogens (tertiary/aromatic N) is 3. The molecule has 2 rings (SSSR count). The van der Waals surface area contributed by atoms with Gasteiger partial charge in [0, 0.05) is 11.8 Å². The molecular formula is C12H16N4O4. The lowest BCUT2D eigenvalue weighted by Gasteiger charge is -2.37. The molecule has 1 aliphatic heterocycles. The number of aliphatic hydroxyl groups excluding tert-OH is 3. The minimum Gasteiger partial charge on any atom is -0.394 e. The van der Waals surface area contributed by atoms with Crippen molar-refractivity contribution < 1.29 is 20.1 Å². The predicted molar refractivity (Wildman–Crippen MR) is 67.7 cm³/mol. The van der Waals surface area contributed by atoms with Crippen molar-refractivity contribution in [2.75, 3.05) is 18.5 Å². The molecule has 4 atom stereocenters. The molecule has 1 aliphatic rings. The molecule has 108 valence electrons. The second-order valence-corrected chi connectivity index (χ2v) is 4.62. The van der Waals surface area contributed by atoms with Crippen molar-refractivity contribution in [3.63, 3.8) is 0 Å². The summed E-state index contributed by atoms with van der Waals surface area (Å²) in [6.07, 6.45) is -3.10. The molecule has 4 N–H and O–H groups in total. The molecule has 8 nitrogen and oxygen atoms in total.